The molecule has 0 fully saturated rings. The van der Waals surface area contributed by atoms with E-state index in [0.29, 0.717) is 17.0 Å². The van der Waals surface area contributed by atoms with Crippen LogP contribution in [0.2, 0.25) is 0 Å². The number of esters is 1. The van der Waals surface area contributed by atoms with Gasteiger partial charge in [0, 0.05) is 22.8 Å². The average molecular weight is 399 g/mol. The molecule has 0 spiro atoms. The molecule has 1 N–H and O–H groups in total. The quantitative estimate of drug-likeness (QED) is 0.727. The highest BCUT2D eigenvalue weighted by atomic mass is 32.2. The zero-order chi connectivity index (χ0) is 20.0. The minimum Gasteiger partial charge on any atom is -0.467 e. The van der Waals surface area contributed by atoms with Crippen LogP contribution in [0.3, 0.4) is 0 Å². The van der Waals surface area contributed by atoms with Crippen molar-refractivity contribution in [1.29, 1.82) is 0 Å². The lowest BCUT2D eigenvalue weighted by Crippen LogP contribution is -2.43. The minimum atomic E-state index is -1.45. The van der Waals surface area contributed by atoms with Crippen LogP contribution in [0.25, 0.3) is 0 Å². The second kappa shape index (κ2) is 9.31. The first kappa shape index (κ1) is 20.6. The molecule has 2 aromatic rings. The van der Waals surface area contributed by atoms with Crippen molar-refractivity contribution in [3.05, 3.63) is 65.5 Å². The molecule has 2 aromatic carbocycles. The van der Waals surface area contributed by atoms with Gasteiger partial charge in [-0.25, -0.2) is 18.0 Å². The number of hydrogen-bond acceptors (Lipinski definition) is 4. The largest absolute Gasteiger partial charge is 0.467 e. The Morgan fingerprint density at radius 2 is 1.70 bits per heavy atom. The van der Waals surface area contributed by atoms with Gasteiger partial charge in [-0.15, -0.1) is 0 Å². The van der Waals surface area contributed by atoms with E-state index in [4.69, 9.17) is 0 Å². The fourth-order valence-electron chi connectivity index (χ4n) is 2.30. The molecule has 0 aliphatic rings. The van der Waals surface area contributed by atoms with E-state index in [9.17, 15) is 27.0 Å². The van der Waals surface area contributed by atoms with Gasteiger partial charge in [0.1, 0.15) is 29.1 Å². The maximum Gasteiger partial charge on any atom is 0.328 e. The van der Waals surface area contributed by atoms with E-state index in [1.807, 2.05) is 0 Å². The highest BCUT2D eigenvalue weighted by Crippen LogP contribution is 2.15. The summed E-state index contributed by atoms with van der Waals surface area (Å²) in [6.07, 6.45) is -0.0929. The number of rotatable bonds is 7. The van der Waals surface area contributed by atoms with Crippen LogP contribution in [0.5, 0.6) is 0 Å². The Hall–Kier alpha value is -2.68. The number of carbonyl (C=O) groups excluding carboxylic acids is 2. The normalized spacial score (nSPS) is 12.9. The average Bonchev–Trinajstić information content (AvgIpc) is 2.64. The maximum absolute atomic E-state index is 13.7. The van der Waals surface area contributed by atoms with Crippen LogP contribution in [0.15, 0.2) is 47.4 Å². The third kappa shape index (κ3) is 5.40. The first-order valence-corrected chi connectivity index (χ1v) is 9.12. The molecule has 0 radical (unpaired) electrons. The highest BCUT2D eigenvalue weighted by Gasteiger charge is 2.26. The second-order valence-electron chi connectivity index (χ2n) is 5.45. The molecule has 5 nitrogen and oxygen atoms in total. The summed E-state index contributed by atoms with van der Waals surface area (Å²) >= 11 is 0. The van der Waals surface area contributed by atoms with E-state index in [1.165, 1.54) is 0 Å². The molecule has 2 rings (SSSR count). The lowest BCUT2D eigenvalue weighted by atomic mass is 10.1. The van der Waals surface area contributed by atoms with Gasteiger partial charge in [-0.3, -0.25) is 9.00 Å². The molecule has 0 aromatic heterocycles. The molecule has 0 aliphatic carbocycles. The predicted octanol–water partition coefficient (Wildman–Crippen LogP) is 2.57. The number of benzene rings is 2. The summed E-state index contributed by atoms with van der Waals surface area (Å²) in [6.45, 7) is 0. The predicted molar refractivity (Wildman–Crippen MR) is 91.9 cm³/mol. The van der Waals surface area contributed by atoms with Gasteiger partial charge >= 0.3 is 5.97 Å². The smallest absolute Gasteiger partial charge is 0.328 e. The van der Waals surface area contributed by atoms with Crippen molar-refractivity contribution in [2.45, 2.75) is 17.4 Å². The lowest BCUT2D eigenvalue weighted by molar-refractivity contribution is -0.142. The second-order valence-corrected chi connectivity index (χ2v) is 7.02. The summed E-state index contributed by atoms with van der Waals surface area (Å²) in [6, 6.07) is 7.88. The first-order chi connectivity index (χ1) is 12.8. The van der Waals surface area contributed by atoms with E-state index in [1.54, 1.807) is 30.3 Å². The third-order valence-electron chi connectivity index (χ3n) is 3.62. The molecule has 27 heavy (non-hydrogen) atoms. The van der Waals surface area contributed by atoms with Crippen molar-refractivity contribution in [2.75, 3.05) is 12.9 Å². The molecular weight excluding hydrogens is 383 g/mol. The molecule has 0 unspecified atom stereocenters. The van der Waals surface area contributed by atoms with Crippen molar-refractivity contribution in [1.82, 2.24) is 5.32 Å². The lowest BCUT2D eigenvalue weighted by Gasteiger charge is -2.17. The SMILES string of the molecule is COC(=O)[C@@H](CC[S@](=O)c1ccccc1)NC(=O)c1c(F)cc(F)cc1F. The summed E-state index contributed by atoms with van der Waals surface area (Å²) in [7, 11) is -0.372. The van der Waals surface area contributed by atoms with Crippen LogP contribution >= 0.6 is 0 Å². The van der Waals surface area contributed by atoms with Gasteiger partial charge < -0.3 is 10.1 Å². The van der Waals surface area contributed by atoms with E-state index in [2.05, 4.69) is 10.1 Å². The fraction of sp³-hybridized carbons (Fsp3) is 0.222. The van der Waals surface area contributed by atoms with Gasteiger partial charge in [-0.1, -0.05) is 18.2 Å². The number of ether oxygens (including phenoxy) is 1. The van der Waals surface area contributed by atoms with E-state index >= 15 is 0 Å². The summed E-state index contributed by atoms with van der Waals surface area (Å²) in [5, 5.41) is 2.14. The van der Waals surface area contributed by atoms with Gasteiger partial charge in [0.05, 0.1) is 17.9 Å². The number of nitrogens with one attached hydrogen (secondary N) is 1. The van der Waals surface area contributed by atoms with Crippen molar-refractivity contribution >= 4 is 22.7 Å². The molecule has 0 aliphatic heterocycles. The standard InChI is InChI=1S/C18H16F3NO4S/c1-26-18(24)15(7-8-27(25)12-5-3-2-4-6-12)22-17(23)16-13(20)9-11(19)10-14(16)21/h2-6,9-10,15H,7-8H2,1H3,(H,22,23)/t15-,27+/m1/s1. The van der Waals surface area contributed by atoms with Crippen LogP contribution in [0.4, 0.5) is 13.2 Å². The summed E-state index contributed by atoms with van der Waals surface area (Å²) in [5.41, 5.74) is -1.02. The van der Waals surface area contributed by atoms with Gasteiger partial charge in [-0.05, 0) is 18.6 Å². The Morgan fingerprint density at radius 3 is 2.26 bits per heavy atom. The maximum atomic E-state index is 13.7. The number of hydrogen-bond donors (Lipinski definition) is 1. The molecule has 1 amide bonds. The molecule has 0 saturated carbocycles. The molecule has 9 heteroatoms. The number of methoxy groups -OCH3 is 1. The van der Waals surface area contributed by atoms with Gasteiger partial charge in [0.25, 0.3) is 5.91 Å². The molecule has 0 bridgehead atoms. The Morgan fingerprint density at radius 1 is 1.11 bits per heavy atom. The molecular formula is C18H16F3NO4S. The third-order valence-corrected chi connectivity index (χ3v) is 5.03. The highest BCUT2D eigenvalue weighted by molar-refractivity contribution is 7.85. The summed E-state index contributed by atoms with van der Waals surface area (Å²) in [4.78, 5) is 24.5. The van der Waals surface area contributed by atoms with E-state index in [-0.39, 0.29) is 12.2 Å². The minimum absolute atomic E-state index is 0.00155. The fourth-order valence-corrected chi connectivity index (χ4v) is 3.44. The van der Waals surface area contributed by atoms with Crippen LogP contribution in [0, 0.1) is 17.5 Å². The number of carbonyl (C=O) groups is 2. The van der Waals surface area contributed by atoms with Crippen molar-refractivity contribution in [3.8, 4) is 0 Å². The molecule has 0 heterocycles. The zero-order valence-corrected chi connectivity index (χ0v) is 15.0. The Balaban J connectivity index is 2.12. The van der Waals surface area contributed by atoms with Crippen molar-refractivity contribution < 1.29 is 31.7 Å². The Kier molecular flexibility index (Phi) is 7.12. The van der Waals surface area contributed by atoms with Crippen molar-refractivity contribution in [2.24, 2.45) is 0 Å². The summed E-state index contributed by atoms with van der Waals surface area (Å²) in [5.74, 6) is -6.09. The Bertz CT molecular complexity index is 838. The first-order valence-electron chi connectivity index (χ1n) is 7.80. The molecule has 2 atom stereocenters. The van der Waals surface area contributed by atoms with E-state index < -0.39 is 51.7 Å². The van der Waals surface area contributed by atoms with E-state index in [0.717, 1.165) is 7.11 Å². The number of amides is 1. The van der Waals surface area contributed by atoms with Gasteiger partial charge in [0.2, 0.25) is 0 Å². The molecule has 144 valence electrons. The van der Waals surface area contributed by atoms with Gasteiger partial charge in [-0.2, -0.15) is 0 Å². The van der Waals surface area contributed by atoms with Crippen LogP contribution in [-0.2, 0) is 20.3 Å². The van der Waals surface area contributed by atoms with Gasteiger partial charge in [0.15, 0.2) is 0 Å². The van der Waals surface area contributed by atoms with Crippen molar-refractivity contribution in [3.63, 3.8) is 0 Å². The molecule has 0 saturated heterocycles. The number of halogens is 3. The monoisotopic (exact) mass is 399 g/mol. The van der Waals surface area contributed by atoms with Crippen LogP contribution in [-0.4, -0.2) is 35.0 Å². The topological polar surface area (TPSA) is 72.5 Å². The zero-order valence-electron chi connectivity index (χ0n) is 14.2. The Labute approximate surface area is 156 Å². The summed E-state index contributed by atoms with van der Waals surface area (Å²) < 4.78 is 57.2. The van der Waals surface area contributed by atoms with Crippen LogP contribution < -0.4 is 5.32 Å². The van der Waals surface area contributed by atoms with Crippen LogP contribution in [0.1, 0.15) is 16.8 Å².